The van der Waals surface area contributed by atoms with Gasteiger partial charge in [0, 0.05) is 25.9 Å². The molecule has 0 atom stereocenters. The van der Waals surface area contributed by atoms with Crippen LogP contribution in [0.1, 0.15) is 17.5 Å². The first kappa shape index (κ1) is 17.0. The lowest BCUT2D eigenvalue weighted by atomic mass is 10.1. The zero-order valence-corrected chi connectivity index (χ0v) is 12.4. The maximum absolute atomic E-state index is 13.4. The van der Waals surface area contributed by atoms with Crippen molar-refractivity contribution < 1.29 is 18.6 Å². The van der Waals surface area contributed by atoms with E-state index in [0.717, 1.165) is 12.0 Å². The summed E-state index contributed by atoms with van der Waals surface area (Å²) in [6.45, 7) is 2.79. The SMILES string of the molecule is COCCOCCCOCc1ccc(F)c(C(N)=S)c1. The minimum atomic E-state index is -0.409. The molecule has 0 fully saturated rings. The highest BCUT2D eigenvalue weighted by Gasteiger charge is 2.06. The first-order chi connectivity index (χ1) is 9.65. The van der Waals surface area contributed by atoms with Crippen LogP contribution >= 0.6 is 12.2 Å². The van der Waals surface area contributed by atoms with Crippen molar-refractivity contribution in [2.75, 3.05) is 33.5 Å². The average molecular weight is 301 g/mol. The van der Waals surface area contributed by atoms with Crippen molar-refractivity contribution in [2.45, 2.75) is 13.0 Å². The summed E-state index contributed by atoms with van der Waals surface area (Å²) in [4.78, 5) is 0.0518. The van der Waals surface area contributed by atoms with Crippen LogP contribution in [0.2, 0.25) is 0 Å². The van der Waals surface area contributed by atoms with Gasteiger partial charge < -0.3 is 19.9 Å². The van der Waals surface area contributed by atoms with Crippen LogP contribution in [-0.2, 0) is 20.8 Å². The summed E-state index contributed by atoms with van der Waals surface area (Å²) in [5.74, 6) is -0.409. The molecule has 0 aromatic heterocycles. The largest absolute Gasteiger partial charge is 0.389 e. The molecule has 2 N–H and O–H groups in total. The maximum Gasteiger partial charge on any atom is 0.133 e. The quantitative estimate of drug-likeness (QED) is 0.529. The van der Waals surface area contributed by atoms with E-state index in [1.165, 1.54) is 6.07 Å². The van der Waals surface area contributed by atoms with Gasteiger partial charge in [0.2, 0.25) is 0 Å². The monoisotopic (exact) mass is 301 g/mol. The Morgan fingerprint density at radius 3 is 2.65 bits per heavy atom. The molecule has 1 aromatic rings. The second-order valence-electron chi connectivity index (χ2n) is 4.19. The third-order valence-electron chi connectivity index (χ3n) is 2.57. The van der Waals surface area contributed by atoms with E-state index in [9.17, 15) is 4.39 Å². The van der Waals surface area contributed by atoms with Gasteiger partial charge >= 0.3 is 0 Å². The molecular weight excluding hydrogens is 281 g/mol. The summed E-state index contributed by atoms with van der Waals surface area (Å²) in [6.07, 6.45) is 0.799. The number of halogens is 1. The Labute approximate surface area is 124 Å². The molecule has 0 aliphatic carbocycles. The van der Waals surface area contributed by atoms with E-state index in [0.29, 0.717) is 33.0 Å². The predicted octanol–water partition coefficient (Wildman–Crippen LogP) is 2.03. The Kier molecular flexibility index (Phi) is 8.29. The van der Waals surface area contributed by atoms with Crippen LogP contribution in [0.25, 0.3) is 0 Å². The molecule has 112 valence electrons. The number of thiocarbonyl (C=S) groups is 1. The highest BCUT2D eigenvalue weighted by Crippen LogP contribution is 2.11. The van der Waals surface area contributed by atoms with E-state index >= 15 is 0 Å². The summed E-state index contributed by atoms with van der Waals surface area (Å²) >= 11 is 4.78. The fraction of sp³-hybridized carbons (Fsp3) is 0.500. The molecule has 1 rings (SSSR count). The van der Waals surface area contributed by atoms with E-state index < -0.39 is 5.82 Å². The van der Waals surface area contributed by atoms with Gasteiger partial charge in [-0.15, -0.1) is 0 Å². The smallest absolute Gasteiger partial charge is 0.133 e. The molecule has 0 saturated carbocycles. The van der Waals surface area contributed by atoms with Gasteiger partial charge in [-0.3, -0.25) is 0 Å². The van der Waals surface area contributed by atoms with Crippen molar-refractivity contribution in [3.8, 4) is 0 Å². The summed E-state index contributed by atoms with van der Waals surface area (Å²) in [5, 5.41) is 0. The lowest BCUT2D eigenvalue weighted by Gasteiger charge is -2.07. The van der Waals surface area contributed by atoms with Gasteiger partial charge in [-0.25, -0.2) is 4.39 Å². The molecule has 20 heavy (non-hydrogen) atoms. The maximum atomic E-state index is 13.4. The second-order valence-corrected chi connectivity index (χ2v) is 4.63. The Morgan fingerprint density at radius 2 is 1.95 bits per heavy atom. The lowest BCUT2D eigenvalue weighted by molar-refractivity contribution is 0.0483. The number of methoxy groups -OCH3 is 1. The standard InChI is InChI=1S/C14H20FNO3S/c1-17-7-8-18-5-2-6-19-10-11-3-4-13(15)12(9-11)14(16)20/h3-4,9H,2,5-8,10H2,1H3,(H2,16,20). The van der Waals surface area contributed by atoms with Crippen LogP contribution in [0.15, 0.2) is 18.2 Å². The van der Waals surface area contributed by atoms with Crippen LogP contribution in [0.3, 0.4) is 0 Å². The van der Waals surface area contributed by atoms with Crippen LogP contribution in [-0.4, -0.2) is 38.5 Å². The number of ether oxygens (including phenoxy) is 3. The molecule has 0 aliphatic heterocycles. The summed E-state index contributed by atoms with van der Waals surface area (Å²) < 4.78 is 29.0. The Bertz CT molecular complexity index is 429. The van der Waals surface area contributed by atoms with Gasteiger partial charge in [-0.05, 0) is 24.1 Å². The van der Waals surface area contributed by atoms with Crippen molar-refractivity contribution in [3.05, 3.63) is 35.1 Å². The fourth-order valence-corrected chi connectivity index (χ4v) is 1.70. The van der Waals surface area contributed by atoms with Gasteiger partial charge in [-0.2, -0.15) is 0 Å². The number of hydrogen-bond donors (Lipinski definition) is 1. The summed E-state index contributed by atoms with van der Waals surface area (Å²) in [5.41, 5.74) is 6.54. The van der Waals surface area contributed by atoms with E-state index in [-0.39, 0.29) is 10.6 Å². The molecule has 6 heteroatoms. The normalized spacial score (nSPS) is 10.7. The van der Waals surface area contributed by atoms with Crippen LogP contribution in [0, 0.1) is 5.82 Å². The molecule has 0 radical (unpaired) electrons. The molecule has 0 saturated heterocycles. The van der Waals surface area contributed by atoms with E-state index in [1.807, 2.05) is 0 Å². The fourth-order valence-electron chi connectivity index (χ4n) is 1.55. The molecular formula is C14H20FNO3S. The Hall–Kier alpha value is -1.08. The van der Waals surface area contributed by atoms with Gasteiger partial charge in [0.15, 0.2) is 0 Å². The van der Waals surface area contributed by atoms with Crippen molar-refractivity contribution >= 4 is 17.2 Å². The molecule has 0 unspecified atom stereocenters. The van der Waals surface area contributed by atoms with Gasteiger partial charge in [0.05, 0.1) is 19.8 Å². The Balaban J connectivity index is 2.22. The zero-order chi connectivity index (χ0) is 14.8. The first-order valence-corrected chi connectivity index (χ1v) is 6.78. The average Bonchev–Trinajstić information content (AvgIpc) is 2.43. The molecule has 0 amide bonds. The lowest BCUT2D eigenvalue weighted by Crippen LogP contribution is -2.12. The molecule has 0 bridgehead atoms. The zero-order valence-electron chi connectivity index (χ0n) is 11.6. The molecule has 4 nitrogen and oxygen atoms in total. The molecule has 0 spiro atoms. The number of rotatable bonds is 10. The van der Waals surface area contributed by atoms with Crippen molar-refractivity contribution in [1.29, 1.82) is 0 Å². The summed E-state index contributed by atoms with van der Waals surface area (Å²) in [6, 6.07) is 4.62. The number of nitrogens with two attached hydrogens (primary N) is 1. The minimum Gasteiger partial charge on any atom is -0.389 e. The topological polar surface area (TPSA) is 53.7 Å². The minimum absolute atomic E-state index is 0.0518. The third kappa shape index (κ3) is 6.38. The second kappa shape index (κ2) is 9.77. The van der Waals surface area contributed by atoms with Crippen molar-refractivity contribution in [1.82, 2.24) is 0 Å². The molecule has 1 aromatic carbocycles. The van der Waals surface area contributed by atoms with Gasteiger partial charge in [0.25, 0.3) is 0 Å². The van der Waals surface area contributed by atoms with E-state index in [4.69, 9.17) is 32.2 Å². The van der Waals surface area contributed by atoms with Crippen LogP contribution in [0.5, 0.6) is 0 Å². The van der Waals surface area contributed by atoms with Gasteiger partial charge in [-0.1, -0.05) is 18.3 Å². The number of benzene rings is 1. The highest BCUT2D eigenvalue weighted by atomic mass is 32.1. The van der Waals surface area contributed by atoms with E-state index in [2.05, 4.69) is 0 Å². The van der Waals surface area contributed by atoms with Crippen LogP contribution in [0.4, 0.5) is 4.39 Å². The third-order valence-corrected chi connectivity index (χ3v) is 2.79. The number of hydrogen-bond acceptors (Lipinski definition) is 4. The first-order valence-electron chi connectivity index (χ1n) is 6.37. The van der Waals surface area contributed by atoms with Gasteiger partial charge in [0.1, 0.15) is 10.8 Å². The van der Waals surface area contributed by atoms with Crippen molar-refractivity contribution in [3.63, 3.8) is 0 Å². The molecule has 0 aliphatic rings. The summed E-state index contributed by atoms with van der Waals surface area (Å²) in [7, 11) is 1.64. The highest BCUT2D eigenvalue weighted by molar-refractivity contribution is 7.80. The van der Waals surface area contributed by atoms with Crippen molar-refractivity contribution in [2.24, 2.45) is 5.73 Å². The van der Waals surface area contributed by atoms with E-state index in [1.54, 1.807) is 19.2 Å². The Morgan fingerprint density at radius 1 is 1.20 bits per heavy atom. The predicted molar refractivity (Wildman–Crippen MR) is 79.3 cm³/mol. The molecule has 0 heterocycles. The van der Waals surface area contributed by atoms with Crippen LogP contribution < -0.4 is 5.73 Å².